The standard InChI is InChI=1S/C38H56O6S/c1-3-5-7-9-11-13-15-17-19-39-35-23-37-31(21-33(35)43-27-29-25-41-29)32-22-34(44-28-30-26-42-30)36(24-38(32)45-37)40-20-18-16-14-12-10-8-6-4-2/h21-24,29-30H,3-20,25-28H2,1-2H3. The summed E-state index contributed by atoms with van der Waals surface area (Å²) in [5.41, 5.74) is 0. The lowest BCUT2D eigenvalue weighted by Crippen LogP contribution is -2.07. The monoisotopic (exact) mass is 640 g/mol. The summed E-state index contributed by atoms with van der Waals surface area (Å²) >= 11 is 1.77. The number of thiophene rings is 1. The average Bonchev–Trinajstić information content (AvgIpc) is 3.99. The van der Waals surface area contributed by atoms with Crippen molar-refractivity contribution in [2.75, 3.05) is 39.6 Å². The Bertz CT molecular complexity index is 1180. The van der Waals surface area contributed by atoms with Gasteiger partial charge in [-0.15, -0.1) is 11.3 Å². The van der Waals surface area contributed by atoms with Crippen LogP contribution in [0.25, 0.3) is 20.2 Å². The Kier molecular flexibility index (Phi) is 14.3. The summed E-state index contributed by atoms with van der Waals surface area (Å²) in [6, 6.07) is 8.61. The first-order valence-electron chi connectivity index (χ1n) is 18.0. The van der Waals surface area contributed by atoms with Gasteiger partial charge in [-0.3, -0.25) is 0 Å². The molecule has 0 radical (unpaired) electrons. The second-order valence-corrected chi connectivity index (χ2v) is 14.0. The van der Waals surface area contributed by atoms with E-state index in [1.807, 2.05) is 0 Å². The van der Waals surface area contributed by atoms with E-state index < -0.39 is 0 Å². The molecule has 0 saturated carbocycles. The number of unbranched alkanes of at least 4 members (excludes halogenated alkanes) is 14. The molecule has 2 aliphatic rings. The van der Waals surface area contributed by atoms with Gasteiger partial charge in [0, 0.05) is 32.3 Å². The first-order chi connectivity index (χ1) is 22.2. The Morgan fingerprint density at radius 1 is 0.511 bits per heavy atom. The molecule has 2 saturated heterocycles. The summed E-state index contributed by atoms with van der Waals surface area (Å²) in [5, 5.41) is 2.31. The predicted molar refractivity (Wildman–Crippen MR) is 186 cm³/mol. The van der Waals surface area contributed by atoms with E-state index in [4.69, 9.17) is 28.4 Å². The Morgan fingerprint density at radius 2 is 0.867 bits per heavy atom. The van der Waals surface area contributed by atoms with Crippen molar-refractivity contribution < 1.29 is 28.4 Å². The van der Waals surface area contributed by atoms with Gasteiger partial charge >= 0.3 is 0 Å². The van der Waals surface area contributed by atoms with Crippen LogP contribution in [0.5, 0.6) is 23.0 Å². The molecule has 0 N–H and O–H groups in total. The van der Waals surface area contributed by atoms with Crippen molar-refractivity contribution >= 4 is 31.5 Å². The van der Waals surface area contributed by atoms with Crippen LogP contribution in [-0.4, -0.2) is 51.8 Å². The number of fused-ring (bicyclic) bond motifs is 3. The van der Waals surface area contributed by atoms with Crippen molar-refractivity contribution in [3.8, 4) is 23.0 Å². The molecule has 1 aromatic heterocycles. The van der Waals surface area contributed by atoms with Gasteiger partial charge in [-0.1, -0.05) is 104 Å². The van der Waals surface area contributed by atoms with E-state index in [1.54, 1.807) is 11.3 Å². The summed E-state index contributed by atoms with van der Waals surface area (Å²) in [6.45, 7) is 8.59. The maximum Gasteiger partial charge on any atom is 0.162 e. The molecule has 45 heavy (non-hydrogen) atoms. The van der Waals surface area contributed by atoms with Crippen LogP contribution in [0.4, 0.5) is 0 Å². The second-order valence-electron chi connectivity index (χ2n) is 12.9. The second kappa shape index (κ2) is 18.8. The summed E-state index contributed by atoms with van der Waals surface area (Å²) in [4.78, 5) is 0. The van der Waals surface area contributed by atoms with Crippen molar-refractivity contribution in [3.05, 3.63) is 24.3 Å². The summed E-state index contributed by atoms with van der Waals surface area (Å²) in [5.74, 6) is 3.24. The van der Waals surface area contributed by atoms with Gasteiger partial charge in [0.05, 0.1) is 26.4 Å². The van der Waals surface area contributed by atoms with Gasteiger partial charge in [0.15, 0.2) is 23.0 Å². The molecule has 0 aliphatic carbocycles. The van der Waals surface area contributed by atoms with Crippen LogP contribution in [-0.2, 0) is 9.47 Å². The lowest BCUT2D eigenvalue weighted by Gasteiger charge is -2.14. The SMILES string of the molecule is CCCCCCCCCCOc1cc2sc3cc(OCCCCCCCCCC)c(OCC4CO4)cc3c2cc1OCC1CO1. The summed E-state index contributed by atoms with van der Waals surface area (Å²) < 4.78 is 38.4. The van der Waals surface area contributed by atoms with Crippen LogP contribution < -0.4 is 18.9 Å². The third kappa shape index (κ3) is 11.5. The van der Waals surface area contributed by atoms with Crippen LogP contribution in [0.2, 0.25) is 0 Å². The lowest BCUT2D eigenvalue weighted by molar-refractivity contribution is 0.239. The van der Waals surface area contributed by atoms with Gasteiger partial charge in [-0.2, -0.15) is 0 Å². The van der Waals surface area contributed by atoms with Crippen LogP contribution in [0.1, 0.15) is 117 Å². The molecule has 7 heteroatoms. The van der Waals surface area contributed by atoms with Crippen molar-refractivity contribution in [3.63, 3.8) is 0 Å². The molecule has 6 nitrogen and oxygen atoms in total. The van der Waals surface area contributed by atoms with Gasteiger partial charge in [0.1, 0.15) is 25.4 Å². The minimum absolute atomic E-state index is 0.186. The molecular formula is C38H56O6S. The van der Waals surface area contributed by atoms with Crippen molar-refractivity contribution in [2.45, 2.75) is 129 Å². The average molecular weight is 641 g/mol. The van der Waals surface area contributed by atoms with Gasteiger partial charge in [0.25, 0.3) is 0 Å². The molecule has 0 spiro atoms. The van der Waals surface area contributed by atoms with Crippen LogP contribution >= 0.6 is 11.3 Å². The van der Waals surface area contributed by atoms with E-state index >= 15 is 0 Å². The number of hydrogen-bond donors (Lipinski definition) is 0. The smallest absolute Gasteiger partial charge is 0.162 e. The van der Waals surface area contributed by atoms with Crippen LogP contribution in [0.3, 0.4) is 0 Å². The maximum absolute atomic E-state index is 6.35. The van der Waals surface area contributed by atoms with E-state index in [2.05, 4.69) is 38.1 Å². The molecule has 2 aromatic carbocycles. The number of benzene rings is 2. The van der Waals surface area contributed by atoms with Crippen molar-refractivity contribution in [1.29, 1.82) is 0 Å². The molecule has 2 atom stereocenters. The topological polar surface area (TPSA) is 62.0 Å². The molecule has 2 fully saturated rings. The zero-order chi connectivity index (χ0) is 31.1. The fourth-order valence-electron chi connectivity index (χ4n) is 5.77. The third-order valence-corrected chi connectivity index (χ3v) is 9.88. The third-order valence-electron chi connectivity index (χ3n) is 8.77. The molecule has 0 bridgehead atoms. The Balaban J connectivity index is 1.24. The molecule has 2 aliphatic heterocycles. The van der Waals surface area contributed by atoms with E-state index in [0.717, 1.165) is 59.8 Å². The highest BCUT2D eigenvalue weighted by Crippen LogP contribution is 2.45. The molecule has 3 heterocycles. The Morgan fingerprint density at radius 3 is 1.24 bits per heavy atom. The molecule has 2 unspecified atom stereocenters. The Labute approximate surface area is 275 Å². The number of ether oxygens (including phenoxy) is 6. The van der Waals surface area contributed by atoms with Gasteiger partial charge in [0.2, 0.25) is 0 Å². The number of hydrogen-bond acceptors (Lipinski definition) is 7. The van der Waals surface area contributed by atoms with E-state index in [-0.39, 0.29) is 12.2 Å². The molecule has 3 aromatic rings. The van der Waals surface area contributed by atoms with Crippen molar-refractivity contribution in [1.82, 2.24) is 0 Å². The zero-order valence-corrected chi connectivity index (χ0v) is 28.7. The van der Waals surface area contributed by atoms with E-state index in [0.29, 0.717) is 26.4 Å². The fourth-order valence-corrected chi connectivity index (χ4v) is 6.90. The molecule has 0 amide bonds. The normalized spacial score (nSPS) is 17.2. The molecule has 5 rings (SSSR count). The fraction of sp³-hybridized carbons (Fsp3) is 0.684. The van der Waals surface area contributed by atoms with Gasteiger partial charge in [-0.05, 0) is 25.0 Å². The van der Waals surface area contributed by atoms with E-state index in [9.17, 15) is 0 Å². The van der Waals surface area contributed by atoms with E-state index in [1.165, 1.54) is 99.3 Å². The highest BCUT2D eigenvalue weighted by molar-refractivity contribution is 7.25. The van der Waals surface area contributed by atoms with Gasteiger partial charge in [-0.25, -0.2) is 0 Å². The number of rotatable bonds is 26. The zero-order valence-electron chi connectivity index (χ0n) is 27.9. The molecular weight excluding hydrogens is 584 g/mol. The van der Waals surface area contributed by atoms with Crippen LogP contribution in [0.15, 0.2) is 24.3 Å². The molecule has 250 valence electrons. The maximum atomic E-state index is 6.35. The van der Waals surface area contributed by atoms with Gasteiger partial charge < -0.3 is 28.4 Å². The first kappa shape index (κ1) is 34.1. The van der Waals surface area contributed by atoms with Crippen LogP contribution in [0, 0.1) is 0 Å². The lowest BCUT2D eigenvalue weighted by atomic mass is 10.1. The minimum Gasteiger partial charge on any atom is -0.490 e. The quantitative estimate of drug-likeness (QED) is 0.0643. The van der Waals surface area contributed by atoms with Crippen molar-refractivity contribution in [2.24, 2.45) is 0 Å². The largest absolute Gasteiger partial charge is 0.490 e. The minimum atomic E-state index is 0.186. The number of epoxide rings is 2. The summed E-state index contributed by atoms with van der Waals surface area (Å²) in [7, 11) is 0. The highest BCUT2D eigenvalue weighted by Gasteiger charge is 2.26. The Hall–Kier alpha value is -2.22. The highest BCUT2D eigenvalue weighted by atomic mass is 32.1. The predicted octanol–water partition coefficient (Wildman–Crippen LogP) is 10.6. The first-order valence-corrected chi connectivity index (χ1v) is 18.9. The summed E-state index contributed by atoms with van der Waals surface area (Å²) in [6.07, 6.45) is 20.9.